The van der Waals surface area contributed by atoms with Crippen LogP contribution in [-0.2, 0) is 10.8 Å². The molecule has 0 atom stereocenters. The first-order valence-corrected chi connectivity index (χ1v) is 19.4. The van der Waals surface area contributed by atoms with E-state index in [0.29, 0.717) is 0 Å². The molecule has 4 nitrogen and oxygen atoms in total. The molecule has 7 aromatic carbocycles. The van der Waals surface area contributed by atoms with Crippen LogP contribution in [0.15, 0.2) is 148 Å². The summed E-state index contributed by atoms with van der Waals surface area (Å²) < 4.78 is 13.5. The largest absolute Gasteiger partial charge is 0.454 e. The van der Waals surface area contributed by atoms with E-state index in [2.05, 4.69) is 179 Å². The number of rotatable bonds is 2. The topological polar surface area (TPSA) is 32.8 Å². The van der Waals surface area contributed by atoms with Crippen LogP contribution in [-0.4, -0.2) is 6.71 Å². The fourth-order valence-electron chi connectivity index (χ4n) is 9.21. The molecule has 2 aliphatic rings. The molecule has 0 saturated heterocycles. The highest BCUT2D eigenvalue weighted by atomic mass is 16.3. The fourth-order valence-corrected chi connectivity index (χ4v) is 9.21. The summed E-state index contributed by atoms with van der Waals surface area (Å²) in [5.74, 6) is 0. The van der Waals surface area contributed by atoms with Gasteiger partial charge in [-0.1, -0.05) is 133 Å². The van der Waals surface area contributed by atoms with Crippen molar-refractivity contribution in [2.24, 2.45) is 0 Å². The van der Waals surface area contributed by atoms with Gasteiger partial charge in [0.15, 0.2) is 11.2 Å². The Hall–Kier alpha value is -6.20. The fraction of sp³-hybridized carbons (Fsp3) is 0.160. The quantitative estimate of drug-likeness (QED) is 0.167. The van der Waals surface area contributed by atoms with Crippen LogP contribution >= 0.6 is 0 Å². The smallest absolute Gasteiger partial charge is 0.252 e. The molecular weight excluding hydrogens is 671 g/mol. The highest BCUT2D eigenvalue weighted by Crippen LogP contribution is 2.49. The Bertz CT molecular complexity index is 2840. The monoisotopic (exact) mass is 712 g/mol. The average molecular weight is 713 g/mol. The standard InChI is InChI=1S/C50H41BN2O2/c1-49(2,3)30-24-26-38-36(28-30)51-37-29-31(50(4,5)6)25-27-39(37)53(43-21-12-17-35-33-15-8-10-23-45(33)55-48(35)43)41-19-13-18-40(46(41)51)52(38)42-20-11-16-34-32-14-7-9-22-44(32)54-47(34)42/h7-29H,1-6H3. The molecule has 2 aromatic heterocycles. The summed E-state index contributed by atoms with van der Waals surface area (Å²) in [6.07, 6.45) is 0. The van der Waals surface area contributed by atoms with E-state index >= 15 is 0 Å². The van der Waals surface area contributed by atoms with Crippen LogP contribution < -0.4 is 26.2 Å². The molecule has 266 valence electrons. The van der Waals surface area contributed by atoms with Gasteiger partial charge in [-0.15, -0.1) is 0 Å². The van der Waals surface area contributed by atoms with Crippen molar-refractivity contribution in [3.05, 3.63) is 151 Å². The molecule has 0 N–H and O–H groups in total. The number of hydrogen-bond acceptors (Lipinski definition) is 4. The van der Waals surface area contributed by atoms with Crippen LogP contribution in [0.3, 0.4) is 0 Å². The summed E-state index contributed by atoms with van der Waals surface area (Å²) in [5.41, 5.74) is 16.7. The molecule has 0 saturated carbocycles. The Labute approximate surface area is 321 Å². The highest BCUT2D eigenvalue weighted by Gasteiger charge is 2.44. The average Bonchev–Trinajstić information content (AvgIpc) is 3.76. The van der Waals surface area contributed by atoms with Crippen molar-refractivity contribution in [2.75, 3.05) is 9.80 Å². The molecule has 0 bridgehead atoms. The SMILES string of the molecule is CC(C)(C)c1ccc2c(c1)B1c3cc(C(C)(C)C)ccc3N(c3cccc4c3oc3ccccc34)c3cccc(c31)N2c1cccc2c1oc1ccccc12. The van der Waals surface area contributed by atoms with Gasteiger partial charge in [-0.05, 0) is 86.9 Å². The maximum Gasteiger partial charge on any atom is 0.252 e. The molecule has 0 radical (unpaired) electrons. The van der Waals surface area contributed by atoms with Crippen LogP contribution in [0.2, 0.25) is 0 Å². The Morgan fingerprint density at radius 2 is 0.800 bits per heavy atom. The van der Waals surface area contributed by atoms with E-state index in [1.54, 1.807) is 0 Å². The van der Waals surface area contributed by atoms with Gasteiger partial charge in [0.2, 0.25) is 0 Å². The zero-order valence-electron chi connectivity index (χ0n) is 32.1. The first kappa shape index (κ1) is 32.3. The third-order valence-electron chi connectivity index (χ3n) is 12.0. The van der Waals surface area contributed by atoms with Gasteiger partial charge in [-0.2, -0.15) is 0 Å². The Morgan fingerprint density at radius 3 is 1.25 bits per heavy atom. The molecular formula is C50H41BN2O2. The molecule has 0 unspecified atom stereocenters. The van der Waals surface area contributed by atoms with Crippen LogP contribution in [0.5, 0.6) is 0 Å². The lowest BCUT2D eigenvalue weighted by Crippen LogP contribution is -2.61. The maximum absolute atomic E-state index is 6.75. The molecule has 0 fully saturated rings. The van der Waals surface area contributed by atoms with E-state index in [1.807, 2.05) is 12.1 Å². The molecule has 5 heteroatoms. The normalized spacial score (nSPS) is 13.9. The zero-order chi connectivity index (χ0) is 37.4. The summed E-state index contributed by atoms with van der Waals surface area (Å²) in [6.45, 7) is 13.9. The van der Waals surface area contributed by atoms with Gasteiger partial charge in [0.25, 0.3) is 6.71 Å². The summed E-state index contributed by atoms with van der Waals surface area (Å²) in [4.78, 5) is 4.92. The van der Waals surface area contributed by atoms with E-state index in [0.717, 1.165) is 66.6 Å². The van der Waals surface area contributed by atoms with E-state index in [4.69, 9.17) is 8.83 Å². The number of fused-ring (bicyclic) bond motifs is 10. The van der Waals surface area contributed by atoms with E-state index in [1.165, 1.54) is 38.9 Å². The molecule has 11 rings (SSSR count). The second-order valence-electron chi connectivity index (χ2n) is 17.4. The van der Waals surface area contributed by atoms with Crippen molar-refractivity contribution < 1.29 is 8.83 Å². The lowest BCUT2D eigenvalue weighted by atomic mass is 9.33. The Kier molecular flexibility index (Phi) is 6.55. The van der Waals surface area contributed by atoms with E-state index in [-0.39, 0.29) is 17.5 Å². The molecule has 0 aliphatic carbocycles. The predicted octanol–water partition coefficient (Wildman–Crippen LogP) is 12.2. The summed E-state index contributed by atoms with van der Waals surface area (Å²) in [5, 5.41) is 4.49. The second kappa shape index (κ2) is 11.2. The second-order valence-corrected chi connectivity index (χ2v) is 17.4. The van der Waals surface area contributed by atoms with Gasteiger partial charge in [-0.25, -0.2) is 0 Å². The Balaban J connectivity index is 1.26. The van der Waals surface area contributed by atoms with Gasteiger partial charge in [0.05, 0.1) is 11.4 Å². The molecule has 0 amide bonds. The van der Waals surface area contributed by atoms with Crippen LogP contribution in [0.1, 0.15) is 52.7 Å². The molecule has 0 spiro atoms. The minimum atomic E-state index is -0.0356. The number of hydrogen-bond donors (Lipinski definition) is 0. The highest BCUT2D eigenvalue weighted by molar-refractivity contribution is 7.00. The van der Waals surface area contributed by atoms with Crippen LogP contribution in [0.4, 0.5) is 34.1 Å². The molecule has 55 heavy (non-hydrogen) atoms. The first-order chi connectivity index (χ1) is 26.6. The lowest BCUT2D eigenvalue weighted by molar-refractivity contribution is 0.590. The van der Waals surface area contributed by atoms with Gasteiger partial charge >= 0.3 is 0 Å². The Morgan fingerprint density at radius 1 is 0.400 bits per heavy atom. The third-order valence-corrected chi connectivity index (χ3v) is 12.0. The minimum absolute atomic E-state index is 0.00180. The number of para-hydroxylation sites is 4. The van der Waals surface area contributed by atoms with Crippen molar-refractivity contribution in [3.8, 4) is 0 Å². The number of nitrogens with zero attached hydrogens (tertiary/aromatic N) is 2. The molecule has 9 aromatic rings. The van der Waals surface area contributed by atoms with Crippen molar-refractivity contribution in [2.45, 2.75) is 52.4 Å². The molecule has 2 aliphatic heterocycles. The maximum atomic E-state index is 6.75. The van der Waals surface area contributed by atoms with Gasteiger partial charge in [-0.3, -0.25) is 0 Å². The van der Waals surface area contributed by atoms with E-state index in [9.17, 15) is 0 Å². The van der Waals surface area contributed by atoms with Gasteiger partial charge < -0.3 is 18.6 Å². The van der Waals surface area contributed by atoms with Crippen molar-refractivity contribution >= 4 is 101 Å². The molecule has 4 heterocycles. The first-order valence-electron chi connectivity index (χ1n) is 19.4. The third kappa shape index (κ3) is 4.59. The summed E-state index contributed by atoms with van der Waals surface area (Å²) in [7, 11) is 0. The predicted molar refractivity (Wildman–Crippen MR) is 232 cm³/mol. The van der Waals surface area contributed by atoms with Crippen LogP contribution in [0.25, 0.3) is 43.9 Å². The zero-order valence-corrected chi connectivity index (χ0v) is 32.1. The number of anilines is 6. The summed E-state index contributed by atoms with van der Waals surface area (Å²) >= 11 is 0. The van der Waals surface area contributed by atoms with Gasteiger partial charge in [0, 0.05) is 44.3 Å². The van der Waals surface area contributed by atoms with E-state index < -0.39 is 0 Å². The van der Waals surface area contributed by atoms with Crippen molar-refractivity contribution in [1.82, 2.24) is 0 Å². The van der Waals surface area contributed by atoms with Crippen molar-refractivity contribution in [1.29, 1.82) is 0 Å². The number of benzene rings is 7. The number of furan rings is 2. The van der Waals surface area contributed by atoms with Crippen LogP contribution in [0, 0.1) is 0 Å². The minimum Gasteiger partial charge on any atom is -0.454 e. The van der Waals surface area contributed by atoms with Crippen molar-refractivity contribution in [3.63, 3.8) is 0 Å². The summed E-state index contributed by atoms with van der Waals surface area (Å²) in [6, 6.07) is 51.0. The lowest BCUT2D eigenvalue weighted by Gasteiger charge is -2.44. The van der Waals surface area contributed by atoms with Gasteiger partial charge in [0.1, 0.15) is 11.2 Å².